The summed E-state index contributed by atoms with van der Waals surface area (Å²) in [6.45, 7) is 4.83. The Morgan fingerprint density at radius 2 is 2.23 bits per heavy atom. The maximum atomic E-state index is 12.9. The van der Waals surface area contributed by atoms with Crippen LogP contribution in [-0.4, -0.2) is 54.0 Å². The number of fused-ring (bicyclic) bond motifs is 1. The zero-order valence-electron chi connectivity index (χ0n) is 14.9. The number of hydrogen-bond donors (Lipinski definition) is 2. The van der Waals surface area contributed by atoms with Gasteiger partial charge in [-0.2, -0.15) is 0 Å². The number of nitrogens with one attached hydrogen (secondary N) is 1. The number of H-pyrrole nitrogens is 1. The number of rotatable bonds is 3. The Hall–Kier alpha value is -2.74. The van der Waals surface area contributed by atoms with Crippen LogP contribution in [0, 0.1) is 0 Å². The Labute approximate surface area is 150 Å². The summed E-state index contributed by atoms with van der Waals surface area (Å²) in [5, 5.41) is 19.3. The smallest absolute Gasteiger partial charge is 0.254 e. The maximum absolute atomic E-state index is 12.9. The Morgan fingerprint density at radius 3 is 3.00 bits per heavy atom. The summed E-state index contributed by atoms with van der Waals surface area (Å²) in [5.41, 5.74) is 1.58. The average molecular weight is 354 g/mol. The van der Waals surface area contributed by atoms with E-state index in [1.54, 1.807) is 34.2 Å². The molecule has 1 fully saturated rings. The number of carbonyl (C=O) groups excluding carboxylic acids is 1. The van der Waals surface area contributed by atoms with E-state index in [0.717, 1.165) is 11.0 Å². The number of nitrogens with zero attached hydrogens (tertiary/aromatic N) is 5. The normalized spacial score (nSPS) is 20.8. The summed E-state index contributed by atoms with van der Waals surface area (Å²) < 4.78 is 1.72. The first kappa shape index (κ1) is 16.7. The molecule has 1 atom stereocenters. The van der Waals surface area contributed by atoms with Crippen molar-refractivity contribution in [2.45, 2.75) is 38.3 Å². The number of aromatic amines is 1. The van der Waals surface area contributed by atoms with Crippen LogP contribution in [0.1, 0.15) is 48.8 Å². The molecule has 0 unspecified atom stereocenters. The second kappa shape index (κ2) is 6.21. The van der Waals surface area contributed by atoms with E-state index in [4.69, 9.17) is 0 Å². The van der Waals surface area contributed by atoms with Crippen LogP contribution in [0.4, 0.5) is 0 Å². The molecule has 1 aromatic carbocycles. The van der Waals surface area contributed by atoms with Gasteiger partial charge in [0, 0.05) is 18.2 Å². The Bertz CT molecular complexity index is 946. The van der Waals surface area contributed by atoms with Gasteiger partial charge in [-0.05, 0) is 44.9 Å². The molecule has 8 heteroatoms. The fourth-order valence-electron chi connectivity index (χ4n) is 3.41. The Morgan fingerprint density at radius 1 is 1.38 bits per heavy atom. The second-order valence-electron chi connectivity index (χ2n) is 7.17. The molecule has 0 radical (unpaired) electrons. The SMILES string of the molecule is CC(C)n1cc([C@@]2(O)CCCN(C(=O)c3ccc4nc[nH]c4c3)C2)nn1. The minimum absolute atomic E-state index is 0.101. The van der Waals surface area contributed by atoms with Crippen LogP contribution in [0.3, 0.4) is 0 Å². The highest BCUT2D eigenvalue weighted by atomic mass is 16.3. The molecule has 136 valence electrons. The first-order valence-corrected chi connectivity index (χ1v) is 8.83. The zero-order chi connectivity index (χ0) is 18.3. The fourth-order valence-corrected chi connectivity index (χ4v) is 3.41. The number of aliphatic hydroxyl groups is 1. The lowest BCUT2D eigenvalue weighted by Crippen LogP contribution is -2.48. The largest absolute Gasteiger partial charge is 0.382 e. The fraction of sp³-hybridized carbons (Fsp3) is 0.444. The van der Waals surface area contributed by atoms with Gasteiger partial charge in [0.1, 0.15) is 11.3 Å². The van der Waals surface area contributed by atoms with Crippen molar-refractivity contribution < 1.29 is 9.90 Å². The molecule has 0 spiro atoms. The number of benzene rings is 1. The number of piperidine rings is 1. The molecule has 1 saturated heterocycles. The standard InChI is InChI=1S/C18H22N6O2/c1-12(2)24-9-16(21-22-24)18(26)6-3-7-23(10-18)17(25)13-4-5-14-15(8-13)20-11-19-14/h4-5,8-9,11-12,26H,3,6-7,10H2,1-2H3,(H,19,20)/t18-/m1/s1. The first-order chi connectivity index (χ1) is 12.5. The monoisotopic (exact) mass is 354 g/mol. The van der Waals surface area contributed by atoms with Gasteiger partial charge in [-0.25, -0.2) is 9.67 Å². The van der Waals surface area contributed by atoms with Gasteiger partial charge in [0.15, 0.2) is 0 Å². The van der Waals surface area contributed by atoms with Gasteiger partial charge >= 0.3 is 0 Å². The molecule has 1 amide bonds. The first-order valence-electron chi connectivity index (χ1n) is 8.83. The minimum Gasteiger partial charge on any atom is -0.382 e. The van der Waals surface area contributed by atoms with Crippen LogP contribution < -0.4 is 0 Å². The number of amides is 1. The van der Waals surface area contributed by atoms with Gasteiger partial charge in [0.05, 0.1) is 30.1 Å². The Kier molecular flexibility index (Phi) is 3.99. The summed E-state index contributed by atoms with van der Waals surface area (Å²) in [5.74, 6) is -0.101. The van der Waals surface area contributed by atoms with Crippen molar-refractivity contribution in [2.75, 3.05) is 13.1 Å². The van der Waals surface area contributed by atoms with Crippen LogP contribution in [0.5, 0.6) is 0 Å². The van der Waals surface area contributed by atoms with E-state index in [0.29, 0.717) is 30.6 Å². The van der Waals surface area contributed by atoms with Crippen molar-refractivity contribution in [1.82, 2.24) is 29.9 Å². The van der Waals surface area contributed by atoms with E-state index >= 15 is 0 Å². The van der Waals surface area contributed by atoms with E-state index in [9.17, 15) is 9.90 Å². The molecule has 0 aliphatic carbocycles. The van der Waals surface area contributed by atoms with Crippen LogP contribution in [0.2, 0.25) is 0 Å². The molecular weight excluding hydrogens is 332 g/mol. The van der Waals surface area contributed by atoms with E-state index in [2.05, 4.69) is 20.3 Å². The number of hydrogen-bond acceptors (Lipinski definition) is 5. The molecule has 3 heterocycles. The highest BCUT2D eigenvalue weighted by Gasteiger charge is 2.39. The van der Waals surface area contributed by atoms with Crippen molar-refractivity contribution in [3.05, 3.63) is 42.0 Å². The molecule has 0 bridgehead atoms. The highest BCUT2D eigenvalue weighted by molar-refractivity contribution is 5.97. The number of carbonyl (C=O) groups is 1. The third-order valence-corrected chi connectivity index (χ3v) is 4.94. The molecule has 8 nitrogen and oxygen atoms in total. The zero-order valence-corrected chi connectivity index (χ0v) is 14.9. The van der Waals surface area contributed by atoms with Crippen molar-refractivity contribution in [1.29, 1.82) is 0 Å². The van der Waals surface area contributed by atoms with Crippen LogP contribution in [0.15, 0.2) is 30.7 Å². The van der Waals surface area contributed by atoms with Crippen molar-refractivity contribution >= 4 is 16.9 Å². The summed E-state index contributed by atoms with van der Waals surface area (Å²) in [6.07, 6.45) is 4.65. The Balaban J connectivity index is 1.57. The molecule has 1 aliphatic rings. The lowest BCUT2D eigenvalue weighted by atomic mass is 9.89. The molecule has 1 aliphatic heterocycles. The average Bonchev–Trinajstić information content (AvgIpc) is 3.30. The van der Waals surface area contributed by atoms with Crippen molar-refractivity contribution in [2.24, 2.45) is 0 Å². The molecule has 0 saturated carbocycles. The third kappa shape index (κ3) is 2.86. The topological polar surface area (TPSA) is 99.9 Å². The number of β-amino-alcohol motifs (C(OH)–C–C–N with tert-alkyl or cyclic N) is 1. The number of likely N-dealkylation sites (tertiary alicyclic amines) is 1. The summed E-state index contributed by atoms with van der Waals surface area (Å²) >= 11 is 0. The molecular formula is C18H22N6O2. The second-order valence-corrected chi connectivity index (χ2v) is 7.17. The summed E-state index contributed by atoms with van der Waals surface area (Å²) in [7, 11) is 0. The summed E-state index contributed by atoms with van der Waals surface area (Å²) in [4.78, 5) is 21.8. The molecule has 2 N–H and O–H groups in total. The summed E-state index contributed by atoms with van der Waals surface area (Å²) in [6, 6.07) is 5.56. The molecule has 4 rings (SSSR count). The van der Waals surface area contributed by atoms with Gasteiger partial charge in [-0.15, -0.1) is 5.10 Å². The molecule has 26 heavy (non-hydrogen) atoms. The van der Waals surface area contributed by atoms with Crippen LogP contribution in [-0.2, 0) is 5.60 Å². The maximum Gasteiger partial charge on any atom is 0.254 e. The van der Waals surface area contributed by atoms with E-state index < -0.39 is 5.60 Å². The van der Waals surface area contributed by atoms with Crippen molar-refractivity contribution in [3.63, 3.8) is 0 Å². The number of imidazole rings is 1. The number of aromatic nitrogens is 5. The van der Waals surface area contributed by atoms with Gasteiger partial charge in [0.25, 0.3) is 5.91 Å². The lowest BCUT2D eigenvalue weighted by Gasteiger charge is -2.38. The van der Waals surface area contributed by atoms with Gasteiger partial charge in [-0.1, -0.05) is 5.21 Å². The van der Waals surface area contributed by atoms with Crippen molar-refractivity contribution in [3.8, 4) is 0 Å². The third-order valence-electron chi connectivity index (χ3n) is 4.94. The molecule has 3 aromatic rings. The minimum atomic E-state index is -1.17. The van der Waals surface area contributed by atoms with Crippen LogP contribution in [0.25, 0.3) is 11.0 Å². The lowest BCUT2D eigenvalue weighted by molar-refractivity contribution is -0.0320. The quantitative estimate of drug-likeness (QED) is 0.748. The van der Waals surface area contributed by atoms with E-state index in [-0.39, 0.29) is 18.5 Å². The predicted molar refractivity (Wildman–Crippen MR) is 95.5 cm³/mol. The highest BCUT2D eigenvalue weighted by Crippen LogP contribution is 2.31. The van der Waals surface area contributed by atoms with Gasteiger partial charge in [-0.3, -0.25) is 4.79 Å². The van der Waals surface area contributed by atoms with Crippen LogP contribution >= 0.6 is 0 Å². The van der Waals surface area contributed by atoms with E-state index in [1.807, 2.05) is 19.9 Å². The van der Waals surface area contributed by atoms with Gasteiger partial charge in [0.2, 0.25) is 0 Å². The van der Waals surface area contributed by atoms with E-state index in [1.165, 1.54) is 0 Å². The van der Waals surface area contributed by atoms with Gasteiger partial charge < -0.3 is 15.0 Å². The predicted octanol–water partition coefficient (Wildman–Crippen LogP) is 1.86. The molecule has 2 aromatic heterocycles.